The van der Waals surface area contributed by atoms with Crippen LogP contribution in [0.25, 0.3) is 0 Å². The molecule has 0 aliphatic carbocycles. The smallest absolute Gasteiger partial charge is 0.223 e. The Labute approximate surface area is 126 Å². The Kier molecular flexibility index (Phi) is 4.89. The Bertz CT molecular complexity index is 596. The fraction of sp³-hybridized carbons (Fsp3) is 0.357. The molecule has 0 spiro atoms. The Morgan fingerprint density at radius 1 is 1.45 bits per heavy atom. The standard InChI is InChI=1S/C14H17BrN4O/c1-10-16-13(18-17-10)9-19(2)14(20)7-6-11-4-3-5-12(15)8-11/h3-5,8H,6-7,9H2,1-2H3,(H,16,17,18). The van der Waals surface area contributed by atoms with Crippen molar-refractivity contribution in [3.05, 3.63) is 46.0 Å². The number of H-pyrrole nitrogens is 1. The first-order valence-corrected chi connectivity index (χ1v) is 7.20. The molecule has 2 aromatic rings. The first-order chi connectivity index (χ1) is 9.54. The molecule has 1 aromatic carbocycles. The molecule has 6 heteroatoms. The van der Waals surface area contributed by atoms with Crippen LogP contribution < -0.4 is 0 Å². The van der Waals surface area contributed by atoms with Crippen LogP contribution in [0.5, 0.6) is 0 Å². The van der Waals surface area contributed by atoms with Crippen LogP contribution in [0.4, 0.5) is 0 Å². The highest BCUT2D eigenvalue weighted by atomic mass is 79.9. The summed E-state index contributed by atoms with van der Waals surface area (Å²) in [6, 6.07) is 8.01. The molecule has 1 aromatic heterocycles. The molecule has 0 unspecified atom stereocenters. The highest BCUT2D eigenvalue weighted by Gasteiger charge is 2.11. The number of nitrogens with one attached hydrogen (secondary N) is 1. The predicted octanol–water partition coefficient (Wildman–Crippen LogP) is 2.47. The number of benzene rings is 1. The molecular weight excluding hydrogens is 320 g/mol. The number of carbonyl (C=O) groups excluding carboxylic acids is 1. The summed E-state index contributed by atoms with van der Waals surface area (Å²) in [5.74, 6) is 1.49. The third kappa shape index (κ3) is 4.16. The number of rotatable bonds is 5. The second-order valence-corrected chi connectivity index (χ2v) is 5.63. The van der Waals surface area contributed by atoms with E-state index >= 15 is 0 Å². The molecule has 0 fully saturated rings. The minimum absolute atomic E-state index is 0.0902. The lowest BCUT2D eigenvalue weighted by molar-refractivity contribution is -0.130. The van der Waals surface area contributed by atoms with Crippen LogP contribution in [-0.2, 0) is 17.8 Å². The molecular formula is C14H17BrN4O. The Balaban J connectivity index is 1.85. The maximum atomic E-state index is 12.1. The number of carbonyl (C=O) groups is 1. The van der Waals surface area contributed by atoms with E-state index in [0.717, 1.165) is 22.3 Å². The van der Waals surface area contributed by atoms with Crippen molar-refractivity contribution in [1.82, 2.24) is 20.1 Å². The molecule has 0 atom stereocenters. The van der Waals surface area contributed by atoms with Crippen LogP contribution >= 0.6 is 15.9 Å². The molecule has 0 radical (unpaired) electrons. The van der Waals surface area contributed by atoms with Gasteiger partial charge in [-0.1, -0.05) is 28.1 Å². The van der Waals surface area contributed by atoms with Crippen molar-refractivity contribution in [2.45, 2.75) is 26.3 Å². The topological polar surface area (TPSA) is 61.9 Å². The number of aromatic amines is 1. The summed E-state index contributed by atoms with van der Waals surface area (Å²) in [5.41, 5.74) is 1.15. The number of aryl methyl sites for hydroxylation is 2. The molecule has 5 nitrogen and oxygen atoms in total. The van der Waals surface area contributed by atoms with Crippen molar-refractivity contribution in [3.8, 4) is 0 Å². The number of aromatic nitrogens is 3. The van der Waals surface area contributed by atoms with Crippen molar-refractivity contribution in [1.29, 1.82) is 0 Å². The minimum Gasteiger partial charge on any atom is -0.338 e. The van der Waals surface area contributed by atoms with Gasteiger partial charge >= 0.3 is 0 Å². The molecule has 1 N–H and O–H groups in total. The van der Waals surface area contributed by atoms with E-state index in [9.17, 15) is 4.79 Å². The molecule has 0 saturated carbocycles. The Hall–Kier alpha value is -1.69. The van der Waals surface area contributed by atoms with Gasteiger partial charge in [0.1, 0.15) is 5.82 Å². The van der Waals surface area contributed by atoms with E-state index in [1.54, 1.807) is 11.9 Å². The summed E-state index contributed by atoms with van der Waals surface area (Å²) < 4.78 is 1.03. The average Bonchev–Trinajstić information content (AvgIpc) is 2.81. The number of nitrogens with zero attached hydrogens (tertiary/aromatic N) is 3. The van der Waals surface area contributed by atoms with Gasteiger partial charge in [0.25, 0.3) is 0 Å². The van der Waals surface area contributed by atoms with Gasteiger partial charge in [0, 0.05) is 17.9 Å². The second-order valence-electron chi connectivity index (χ2n) is 4.72. The monoisotopic (exact) mass is 336 g/mol. The van der Waals surface area contributed by atoms with Crippen LogP contribution in [0.1, 0.15) is 23.6 Å². The van der Waals surface area contributed by atoms with Gasteiger partial charge < -0.3 is 4.90 Å². The van der Waals surface area contributed by atoms with E-state index in [-0.39, 0.29) is 5.91 Å². The Morgan fingerprint density at radius 2 is 2.25 bits per heavy atom. The van der Waals surface area contributed by atoms with Gasteiger partial charge in [-0.15, -0.1) is 0 Å². The van der Waals surface area contributed by atoms with Gasteiger partial charge in [0.15, 0.2) is 5.82 Å². The van der Waals surface area contributed by atoms with Crippen molar-refractivity contribution in [3.63, 3.8) is 0 Å². The zero-order valence-corrected chi connectivity index (χ0v) is 13.1. The van der Waals surface area contributed by atoms with E-state index < -0.39 is 0 Å². The SMILES string of the molecule is Cc1nc(CN(C)C(=O)CCc2cccc(Br)c2)n[nH]1. The molecule has 1 heterocycles. The quantitative estimate of drug-likeness (QED) is 0.912. The number of hydrogen-bond donors (Lipinski definition) is 1. The van der Waals surface area contributed by atoms with Crippen molar-refractivity contribution < 1.29 is 4.79 Å². The zero-order valence-electron chi connectivity index (χ0n) is 11.6. The second kappa shape index (κ2) is 6.65. The fourth-order valence-corrected chi connectivity index (χ4v) is 2.34. The first-order valence-electron chi connectivity index (χ1n) is 6.41. The van der Waals surface area contributed by atoms with Crippen LogP contribution in [0, 0.1) is 6.92 Å². The van der Waals surface area contributed by atoms with Crippen molar-refractivity contribution in [2.75, 3.05) is 7.05 Å². The highest BCUT2D eigenvalue weighted by Crippen LogP contribution is 2.13. The lowest BCUT2D eigenvalue weighted by Crippen LogP contribution is -2.26. The van der Waals surface area contributed by atoms with Gasteiger partial charge in [-0.05, 0) is 31.0 Å². The number of amides is 1. The largest absolute Gasteiger partial charge is 0.338 e. The maximum Gasteiger partial charge on any atom is 0.223 e. The predicted molar refractivity (Wildman–Crippen MR) is 80.1 cm³/mol. The van der Waals surface area contributed by atoms with Crippen LogP contribution in [-0.4, -0.2) is 33.0 Å². The molecule has 106 valence electrons. The fourth-order valence-electron chi connectivity index (χ4n) is 1.89. The van der Waals surface area contributed by atoms with Crippen LogP contribution in [0.15, 0.2) is 28.7 Å². The normalized spacial score (nSPS) is 10.6. The zero-order chi connectivity index (χ0) is 14.5. The van der Waals surface area contributed by atoms with E-state index in [4.69, 9.17) is 0 Å². The molecule has 2 rings (SSSR count). The molecule has 0 aliphatic rings. The third-order valence-corrected chi connectivity index (χ3v) is 3.46. The molecule has 20 heavy (non-hydrogen) atoms. The third-order valence-electron chi connectivity index (χ3n) is 2.96. The molecule has 1 amide bonds. The lowest BCUT2D eigenvalue weighted by Gasteiger charge is -2.15. The van der Waals surface area contributed by atoms with Crippen molar-refractivity contribution in [2.24, 2.45) is 0 Å². The van der Waals surface area contributed by atoms with Crippen LogP contribution in [0.3, 0.4) is 0 Å². The maximum absolute atomic E-state index is 12.1. The summed E-state index contributed by atoms with van der Waals surface area (Å²) in [7, 11) is 1.77. The highest BCUT2D eigenvalue weighted by molar-refractivity contribution is 9.10. The first kappa shape index (κ1) is 14.7. The Morgan fingerprint density at radius 3 is 2.90 bits per heavy atom. The van der Waals surface area contributed by atoms with Gasteiger partial charge in [0.2, 0.25) is 5.91 Å². The van der Waals surface area contributed by atoms with Crippen molar-refractivity contribution >= 4 is 21.8 Å². The van der Waals surface area contributed by atoms with Crippen LogP contribution in [0.2, 0.25) is 0 Å². The van der Waals surface area contributed by atoms with Gasteiger partial charge in [-0.2, -0.15) is 5.10 Å². The van der Waals surface area contributed by atoms with E-state index in [0.29, 0.717) is 18.8 Å². The summed E-state index contributed by atoms with van der Waals surface area (Å²) in [6.07, 6.45) is 1.21. The molecule has 0 bridgehead atoms. The molecule has 0 saturated heterocycles. The number of halogens is 1. The summed E-state index contributed by atoms with van der Waals surface area (Å²) in [5, 5.41) is 6.80. The summed E-state index contributed by atoms with van der Waals surface area (Å²) in [6.45, 7) is 2.27. The summed E-state index contributed by atoms with van der Waals surface area (Å²) in [4.78, 5) is 17.9. The molecule has 0 aliphatic heterocycles. The van der Waals surface area contributed by atoms with Gasteiger partial charge in [0.05, 0.1) is 6.54 Å². The number of hydrogen-bond acceptors (Lipinski definition) is 3. The van der Waals surface area contributed by atoms with E-state index in [1.165, 1.54) is 0 Å². The summed E-state index contributed by atoms with van der Waals surface area (Å²) >= 11 is 3.43. The van der Waals surface area contributed by atoms with Gasteiger partial charge in [-0.3, -0.25) is 9.89 Å². The minimum atomic E-state index is 0.0902. The average molecular weight is 337 g/mol. The lowest BCUT2D eigenvalue weighted by atomic mass is 10.1. The van der Waals surface area contributed by atoms with E-state index in [2.05, 4.69) is 31.1 Å². The van der Waals surface area contributed by atoms with E-state index in [1.807, 2.05) is 31.2 Å². The van der Waals surface area contributed by atoms with Gasteiger partial charge in [-0.25, -0.2) is 4.98 Å².